The Labute approximate surface area is 130 Å². The van der Waals surface area contributed by atoms with Crippen molar-refractivity contribution in [2.24, 2.45) is 5.84 Å². The molecule has 1 aromatic carbocycles. The van der Waals surface area contributed by atoms with E-state index in [9.17, 15) is 8.78 Å². The topological polar surface area (TPSA) is 60.2 Å². The molecule has 0 fully saturated rings. The highest BCUT2D eigenvalue weighted by Gasteiger charge is 2.16. The number of pyridine rings is 1. The first kappa shape index (κ1) is 15.2. The van der Waals surface area contributed by atoms with E-state index < -0.39 is 11.6 Å². The molecule has 0 spiro atoms. The average molecular weight is 385 g/mol. The van der Waals surface area contributed by atoms with Gasteiger partial charge in [0.15, 0.2) is 17.4 Å². The van der Waals surface area contributed by atoms with Gasteiger partial charge >= 0.3 is 0 Å². The summed E-state index contributed by atoms with van der Waals surface area (Å²) in [4.78, 5) is 3.86. The summed E-state index contributed by atoms with van der Waals surface area (Å²) in [5.74, 6) is 2.51. The van der Waals surface area contributed by atoms with E-state index in [1.54, 1.807) is 0 Å². The van der Waals surface area contributed by atoms with Crippen LogP contribution in [0.5, 0.6) is 11.6 Å². The number of nitrogens with two attached hydrogens (primary N) is 1. The number of hydrazine groups is 1. The van der Waals surface area contributed by atoms with Crippen LogP contribution < -0.4 is 16.0 Å². The number of halogens is 5. The van der Waals surface area contributed by atoms with Crippen molar-refractivity contribution in [2.75, 3.05) is 5.43 Å². The molecule has 0 aliphatic heterocycles. The standard InChI is InChI=1S/C11H6BrCl2F2N3O/c12-4-1-7(15)9(16)8(2-4)20-11-6(14)3-5(13)10(18-11)19-17/h1-3H,17H2,(H,18,19). The molecule has 4 nitrogen and oxygen atoms in total. The second kappa shape index (κ2) is 6.09. The number of ether oxygens (including phenoxy) is 1. The minimum absolute atomic E-state index is 0.0220. The van der Waals surface area contributed by atoms with Crippen molar-refractivity contribution < 1.29 is 13.5 Å². The SMILES string of the molecule is NNc1nc(Oc2cc(Br)cc(F)c2F)c(Cl)cc1Cl. The molecule has 0 unspecified atom stereocenters. The molecule has 1 aromatic heterocycles. The Kier molecular flexibility index (Phi) is 4.64. The van der Waals surface area contributed by atoms with E-state index in [0.717, 1.165) is 6.07 Å². The normalized spacial score (nSPS) is 10.5. The molecule has 0 atom stereocenters. The Hall–Kier alpha value is -1.15. The molecular formula is C11H6BrCl2F2N3O. The van der Waals surface area contributed by atoms with Crippen molar-refractivity contribution in [3.63, 3.8) is 0 Å². The molecule has 2 aromatic rings. The van der Waals surface area contributed by atoms with Crippen molar-refractivity contribution in [3.8, 4) is 11.6 Å². The van der Waals surface area contributed by atoms with Gasteiger partial charge in [-0.2, -0.15) is 9.37 Å². The van der Waals surface area contributed by atoms with Crippen molar-refractivity contribution in [2.45, 2.75) is 0 Å². The molecule has 3 N–H and O–H groups in total. The fourth-order valence-corrected chi connectivity index (χ4v) is 2.19. The zero-order valence-corrected chi connectivity index (χ0v) is 12.7. The van der Waals surface area contributed by atoms with Crippen LogP contribution in [0.4, 0.5) is 14.6 Å². The van der Waals surface area contributed by atoms with Crippen molar-refractivity contribution in [1.29, 1.82) is 0 Å². The molecule has 20 heavy (non-hydrogen) atoms. The van der Waals surface area contributed by atoms with E-state index in [1.807, 2.05) is 0 Å². The van der Waals surface area contributed by atoms with Crippen LogP contribution in [-0.2, 0) is 0 Å². The smallest absolute Gasteiger partial charge is 0.240 e. The minimum Gasteiger partial charge on any atom is -0.434 e. The van der Waals surface area contributed by atoms with Gasteiger partial charge in [0.05, 0.1) is 5.02 Å². The number of nitrogens with zero attached hydrogens (tertiary/aromatic N) is 1. The molecule has 1 heterocycles. The first-order chi connectivity index (χ1) is 9.42. The van der Waals surface area contributed by atoms with Gasteiger partial charge in [-0.1, -0.05) is 39.1 Å². The highest BCUT2D eigenvalue weighted by molar-refractivity contribution is 9.10. The summed E-state index contributed by atoms with van der Waals surface area (Å²) >= 11 is 14.7. The van der Waals surface area contributed by atoms with Gasteiger partial charge in [-0.15, -0.1) is 0 Å². The first-order valence-corrected chi connectivity index (χ1v) is 6.62. The lowest BCUT2D eigenvalue weighted by atomic mass is 10.3. The molecule has 0 bridgehead atoms. The van der Waals surface area contributed by atoms with Gasteiger partial charge < -0.3 is 10.2 Å². The maximum Gasteiger partial charge on any atom is 0.240 e. The van der Waals surface area contributed by atoms with E-state index >= 15 is 0 Å². The van der Waals surface area contributed by atoms with Gasteiger partial charge in [0.25, 0.3) is 0 Å². The lowest BCUT2D eigenvalue weighted by Gasteiger charge is -2.11. The molecule has 9 heteroatoms. The predicted octanol–water partition coefficient (Wildman–Crippen LogP) is 4.51. The predicted molar refractivity (Wildman–Crippen MR) is 76.2 cm³/mol. The summed E-state index contributed by atoms with van der Waals surface area (Å²) in [5.41, 5.74) is 2.23. The molecule has 2 rings (SSSR count). The summed E-state index contributed by atoms with van der Waals surface area (Å²) in [6, 6.07) is 3.51. The van der Waals surface area contributed by atoms with Gasteiger partial charge in [0.2, 0.25) is 11.7 Å². The maximum atomic E-state index is 13.6. The Morgan fingerprint density at radius 3 is 2.55 bits per heavy atom. The summed E-state index contributed by atoms with van der Waals surface area (Å²) < 4.78 is 32.3. The van der Waals surface area contributed by atoms with Crippen LogP contribution in [0.3, 0.4) is 0 Å². The number of hydrogen-bond donors (Lipinski definition) is 2. The third-order valence-electron chi connectivity index (χ3n) is 2.20. The minimum atomic E-state index is -1.16. The Morgan fingerprint density at radius 1 is 1.20 bits per heavy atom. The van der Waals surface area contributed by atoms with E-state index in [4.69, 9.17) is 33.8 Å². The molecule has 106 valence electrons. The number of aromatic nitrogens is 1. The van der Waals surface area contributed by atoms with Crippen molar-refractivity contribution in [3.05, 3.63) is 44.4 Å². The van der Waals surface area contributed by atoms with Crippen LogP contribution in [0.1, 0.15) is 0 Å². The van der Waals surface area contributed by atoms with Gasteiger partial charge in [0, 0.05) is 4.47 Å². The van der Waals surface area contributed by atoms with Crippen LogP contribution in [0.25, 0.3) is 0 Å². The number of nitrogen functional groups attached to an aromatic ring is 1. The monoisotopic (exact) mass is 383 g/mol. The number of rotatable bonds is 3. The van der Waals surface area contributed by atoms with Crippen LogP contribution in [0.15, 0.2) is 22.7 Å². The molecule has 0 aliphatic rings. The van der Waals surface area contributed by atoms with Gasteiger partial charge in [-0.25, -0.2) is 10.2 Å². The zero-order chi connectivity index (χ0) is 14.9. The highest BCUT2D eigenvalue weighted by atomic mass is 79.9. The van der Waals surface area contributed by atoms with E-state index in [0.29, 0.717) is 4.47 Å². The number of benzene rings is 1. The van der Waals surface area contributed by atoms with E-state index in [-0.39, 0.29) is 27.5 Å². The van der Waals surface area contributed by atoms with Crippen molar-refractivity contribution in [1.82, 2.24) is 4.98 Å². The molecular weight excluding hydrogens is 379 g/mol. The van der Waals surface area contributed by atoms with E-state index in [1.165, 1.54) is 12.1 Å². The highest BCUT2D eigenvalue weighted by Crippen LogP contribution is 2.35. The number of anilines is 1. The quantitative estimate of drug-likeness (QED) is 0.464. The average Bonchev–Trinajstić information content (AvgIpc) is 2.38. The first-order valence-electron chi connectivity index (χ1n) is 5.07. The Balaban J connectivity index is 2.45. The fourth-order valence-electron chi connectivity index (χ4n) is 1.33. The van der Waals surface area contributed by atoms with Gasteiger partial charge in [-0.05, 0) is 18.2 Å². The van der Waals surface area contributed by atoms with Gasteiger partial charge in [-0.3, -0.25) is 0 Å². The van der Waals surface area contributed by atoms with Gasteiger partial charge in [0.1, 0.15) is 5.02 Å². The Bertz CT molecular complexity index is 673. The second-order valence-electron chi connectivity index (χ2n) is 3.55. The third kappa shape index (κ3) is 3.12. The molecule has 0 aliphatic carbocycles. The summed E-state index contributed by atoms with van der Waals surface area (Å²) in [5, 5.41) is 0.180. The molecule has 0 saturated carbocycles. The van der Waals surface area contributed by atoms with Crippen LogP contribution >= 0.6 is 39.1 Å². The molecule has 0 radical (unpaired) electrons. The van der Waals surface area contributed by atoms with E-state index in [2.05, 4.69) is 26.3 Å². The number of hydrogen-bond acceptors (Lipinski definition) is 4. The number of nitrogens with one attached hydrogen (secondary N) is 1. The summed E-state index contributed by atoms with van der Waals surface area (Å²) in [6.45, 7) is 0. The summed E-state index contributed by atoms with van der Waals surface area (Å²) in [7, 11) is 0. The zero-order valence-electron chi connectivity index (χ0n) is 9.55. The largest absolute Gasteiger partial charge is 0.434 e. The second-order valence-corrected chi connectivity index (χ2v) is 5.28. The van der Waals surface area contributed by atoms with Crippen LogP contribution in [0, 0.1) is 11.6 Å². The summed E-state index contributed by atoms with van der Waals surface area (Å²) in [6.07, 6.45) is 0. The van der Waals surface area contributed by atoms with Crippen LogP contribution in [-0.4, -0.2) is 4.98 Å². The fraction of sp³-hybridized carbons (Fsp3) is 0. The van der Waals surface area contributed by atoms with Crippen LogP contribution in [0.2, 0.25) is 10.0 Å². The lowest BCUT2D eigenvalue weighted by Crippen LogP contribution is -2.09. The Morgan fingerprint density at radius 2 is 1.90 bits per heavy atom. The molecule has 0 amide bonds. The third-order valence-corrected chi connectivity index (χ3v) is 3.22. The van der Waals surface area contributed by atoms with Crippen molar-refractivity contribution >= 4 is 44.9 Å². The molecule has 0 saturated heterocycles. The maximum absolute atomic E-state index is 13.6. The lowest BCUT2D eigenvalue weighted by molar-refractivity contribution is 0.405.